The van der Waals surface area contributed by atoms with Crippen LogP contribution in [0.5, 0.6) is 0 Å². The van der Waals surface area contributed by atoms with E-state index in [1.54, 1.807) is 36.7 Å². The van der Waals surface area contributed by atoms with Gasteiger partial charge in [-0.15, -0.1) is 0 Å². The summed E-state index contributed by atoms with van der Waals surface area (Å²) in [6.45, 7) is 1.86. The SMILES string of the molecule is CN(C)c1ccncc1.Cc1cccc(NC(=O)C(C#N)C(=O)c2ccc(F)cc2)c1. The Balaban J connectivity index is 0.000000316. The van der Waals surface area contributed by atoms with Crippen LogP contribution in [0.2, 0.25) is 0 Å². The van der Waals surface area contributed by atoms with Crippen molar-refractivity contribution in [3.05, 3.63) is 90.0 Å². The van der Waals surface area contributed by atoms with E-state index in [0.29, 0.717) is 5.69 Å². The topological polar surface area (TPSA) is 86.1 Å². The predicted octanol–water partition coefficient (Wildman–Crippen LogP) is 4.24. The van der Waals surface area contributed by atoms with Crippen LogP contribution in [0.4, 0.5) is 15.8 Å². The number of hydrogen-bond donors (Lipinski definition) is 1. The number of aromatic nitrogens is 1. The van der Waals surface area contributed by atoms with E-state index >= 15 is 0 Å². The van der Waals surface area contributed by atoms with Gasteiger partial charge in [-0.2, -0.15) is 5.26 Å². The molecule has 1 atom stereocenters. The van der Waals surface area contributed by atoms with Gasteiger partial charge >= 0.3 is 0 Å². The number of anilines is 2. The number of Topliss-reactive ketones (excluding diaryl/α,β-unsaturated/α-hetero) is 1. The smallest absolute Gasteiger partial charge is 0.249 e. The molecule has 31 heavy (non-hydrogen) atoms. The largest absolute Gasteiger partial charge is 0.378 e. The summed E-state index contributed by atoms with van der Waals surface area (Å²) in [5.74, 6) is -3.34. The van der Waals surface area contributed by atoms with Gasteiger partial charge in [0.25, 0.3) is 0 Å². The Hall–Kier alpha value is -4.05. The van der Waals surface area contributed by atoms with E-state index in [1.807, 2.05) is 44.1 Å². The zero-order valence-corrected chi connectivity index (χ0v) is 17.5. The van der Waals surface area contributed by atoms with E-state index in [9.17, 15) is 14.0 Å². The van der Waals surface area contributed by atoms with Crippen molar-refractivity contribution in [1.82, 2.24) is 4.98 Å². The van der Waals surface area contributed by atoms with E-state index in [0.717, 1.165) is 17.7 Å². The van der Waals surface area contributed by atoms with Gasteiger partial charge in [0.2, 0.25) is 5.91 Å². The number of nitriles is 1. The Kier molecular flexibility index (Phi) is 8.41. The molecule has 0 spiro atoms. The minimum atomic E-state index is -1.48. The van der Waals surface area contributed by atoms with Crippen LogP contribution < -0.4 is 10.2 Å². The average molecular weight is 418 g/mol. The maximum atomic E-state index is 12.9. The molecule has 1 unspecified atom stereocenters. The van der Waals surface area contributed by atoms with Gasteiger partial charge in [0.15, 0.2) is 11.7 Å². The van der Waals surface area contributed by atoms with E-state index in [4.69, 9.17) is 5.26 Å². The summed E-state index contributed by atoms with van der Waals surface area (Å²) in [7, 11) is 4.02. The van der Waals surface area contributed by atoms with Gasteiger partial charge in [-0.05, 0) is 61.0 Å². The lowest BCUT2D eigenvalue weighted by molar-refractivity contribution is -0.117. The molecule has 0 saturated heterocycles. The molecule has 158 valence electrons. The number of carbonyl (C=O) groups is 2. The number of carbonyl (C=O) groups excluding carboxylic acids is 2. The number of hydrogen-bond acceptors (Lipinski definition) is 5. The fourth-order valence-electron chi connectivity index (χ4n) is 2.60. The monoisotopic (exact) mass is 418 g/mol. The van der Waals surface area contributed by atoms with E-state index in [-0.39, 0.29) is 5.56 Å². The molecule has 7 heteroatoms. The molecule has 6 nitrogen and oxygen atoms in total. The number of aryl methyl sites for hydroxylation is 1. The summed E-state index contributed by atoms with van der Waals surface area (Å²) in [5, 5.41) is 11.6. The van der Waals surface area contributed by atoms with Crippen molar-refractivity contribution in [2.24, 2.45) is 5.92 Å². The van der Waals surface area contributed by atoms with Crippen LogP contribution in [0, 0.1) is 30.0 Å². The normalized spacial score (nSPS) is 10.7. The number of rotatable bonds is 5. The van der Waals surface area contributed by atoms with Gasteiger partial charge in [-0.1, -0.05) is 12.1 Å². The number of nitrogens with zero attached hydrogens (tertiary/aromatic N) is 3. The molecule has 1 aromatic heterocycles. The van der Waals surface area contributed by atoms with Crippen LogP contribution in [0.1, 0.15) is 15.9 Å². The Bertz CT molecular complexity index is 1060. The Morgan fingerprint density at radius 1 is 1.06 bits per heavy atom. The molecule has 0 aliphatic carbocycles. The second-order valence-electron chi connectivity index (χ2n) is 6.89. The van der Waals surface area contributed by atoms with Gasteiger partial charge in [-0.25, -0.2) is 4.39 Å². The standard InChI is InChI=1S/C17H13FN2O2.C7H10N2/c1-11-3-2-4-14(9-11)20-17(22)15(10-19)16(21)12-5-7-13(18)8-6-12;1-9(2)7-3-5-8-6-4-7/h2-9,15H,1H3,(H,20,22);3-6H,1-2H3. The van der Waals surface area contributed by atoms with Gasteiger partial charge < -0.3 is 10.2 Å². The van der Waals surface area contributed by atoms with Gasteiger partial charge in [0.1, 0.15) is 5.82 Å². The Labute approximate surface area is 181 Å². The average Bonchev–Trinajstić information content (AvgIpc) is 2.76. The maximum absolute atomic E-state index is 12.9. The molecule has 3 rings (SSSR count). The van der Waals surface area contributed by atoms with Crippen LogP contribution in [-0.2, 0) is 4.79 Å². The highest BCUT2D eigenvalue weighted by atomic mass is 19.1. The van der Waals surface area contributed by atoms with Crippen molar-refractivity contribution >= 4 is 23.1 Å². The zero-order valence-electron chi connectivity index (χ0n) is 17.5. The lowest BCUT2D eigenvalue weighted by atomic mass is 9.98. The summed E-state index contributed by atoms with van der Waals surface area (Å²) < 4.78 is 12.9. The van der Waals surface area contributed by atoms with Crippen LogP contribution in [0.15, 0.2) is 73.1 Å². The number of nitrogens with one attached hydrogen (secondary N) is 1. The second-order valence-corrected chi connectivity index (χ2v) is 6.89. The molecule has 0 aliphatic rings. The van der Waals surface area contributed by atoms with Crippen molar-refractivity contribution in [2.45, 2.75) is 6.92 Å². The summed E-state index contributed by atoms with van der Waals surface area (Å²) in [5.41, 5.74) is 2.76. The van der Waals surface area contributed by atoms with Crippen LogP contribution >= 0.6 is 0 Å². The summed E-state index contributed by atoms with van der Waals surface area (Å²) in [4.78, 5) is 30.2. The quantitative estimate of drug-likeness (QED) is 0.495. The van der Waals surface area contributed by atoms with Crippen LogP contribution in [-0.4, -0.2) is 30.8 Å². The molecular formula is C24H23FN4O2. The van der Waals surface area contributed by atoms with Crippen molar-refractivity contribution in [1.29, 1.82) is 5.26 Å². The molecular weight excluding hydrogens is 395 g/mol. The maximum Gasteiger partial charge on any atom is 0.249 e. The molecule has 0 radical (unpaired) electrons. The lowest BCUT2D eigenvalue weighted by Crippen LogP contribution is -2.28. The molecule has 1 N–H and O–H groups in total. The molecule has 1 heterocycles. The number of pyridine rings is 1. The number of amides is 1. The molecule has 3 aromatic rings. The minimum absolute atomic E-state index is 0.118. The van der Waals surface area contributed by atoms with E-state index in [2.05, 4.69) is 10.3 Å². The third kappa shape index (κ3) is 7.05. The first-order chi connectivity index (χ1) is 14.8. The highest BCUT2D eigenvalue weighted by Crippen LogP contribution is 2.15. The van der Waals surface area contributed by atoms with Crippen molar-refractivity contribution in [3.63, 3.8) is 0 Å². The first kappa shape index (κ1) is 23.2. The van der Waals surface area contributed by atoms with Crippen molar-refractivity contribution in [3.8, 4) is 6.07 Å². The number of benzene rings is 2. The third-order valence-corrected chi connectivity index (χ3v) is 4.25. The zero-order chi connectivity index (χ0) is 22.8. The fourth-order valence-corrected chi connectivity index (χ4v) is 2.60. The van der Waals surface area contributed by atoms with E-state index in [1.165, 1.54) is 17.8 Å². The second kappa shape index (κ2) is 11.2. The predicted molar refractivity (Wildman–Crippen MR) is 118 cm³/mol. The third-order valence-electron chi connectivity index (χ3n) is 4.25. The first-order valence-electron chi connectivity index (χ1n) is 9.46. The molecule has 0 aliphatic heterocycles. The van der Waals surface area contributed by atoms with E-state index < -0.39 is 23.4 Å². The molecule has 2 aromatic carbocycles. The summed E-state index contributed by atoms with van der Waals surface area (Å²) in [6, 6.07) is 17.4. The molecule has 1 amide bonds. The minimum Gasteiger partial charge on any atom is -0.378 e. The molecule has 0 bridgehead atoms. The number of halogens is 1. The molecule has 0 saturated carbocycles. The lowest BCUT2D eigenvalue weighted by Gasteiger charge is -2.10. The highest BCUT2D eigenvalue weighted by molar-refractivity contribution is 6.15. The highest BCUT2D eigenvalue weighted by Gasteiger charge is 2.27. The molecule has 0 fully saturated rings. The first-order valence-corrected chi connectivity index (χ1v) is 9.46. The van der Waals surface area contributed by atoms with Gasteiger partial charge in [0.05, 0.1) is 6.07 Å². The van der Waals surface area contributed by atoms with Gasteiger partial charge in [0, 0.05) is 43.4 Å². The van der Waals surface area contributed by atoms with Gasteiger partial charge in [-0.3, -0.25) is 14.6 Å². The van der Waals surface area contributed by atoms with Crippen molar-refractivity contribution < 1.29 is 14.0 Å². The van der Waals surface area contributed by atoms with Crippen molar-refractivity contribution in [2.75, 3.05) is 24.3 Å². The number of ketones is 1. The summed E-state index contributed by atoms with van der Waals surface area (Å²) in [6.07, 6.45) is 3.57. The van der Waals surface area contributed by atoms with Crippen LogP contribution in [0.3, 0.4) is 0 Å². The van der Waals surface area contributed by atoms with Crippen LogP contribution in [0.25, 0.3) is 0 Å². The fraction of sp³-hybridized carbons (Fsp3) is 0.167. The Morgan fingerprint density at radius 2 is 1.71 bits per heavy atom. The summed E-state index contributed by atoms with van der Waals surface area (Å²) >= 11 is 0. The Morgan fingerprint density at radius 3 is 2.23 bits per heavy atom.